The van der Waals surface area contributed by atoms with E-state index in [1.165, 1.54) is 103 Å². The molecule has 0 bridgehead atoms. The van der Waals surface area contributed by atoms with Crippen LogP contribution in [-0.4, -0.2) is 22.2 Å². The second-order valence-corrected chi connectivity index (χ2v) is 9.75. The number of unbranched alkanes of at least 4 members (excludes halogenated alkanes) is 19. The summed E-state index contributed by atoms with van der Waals surface area (Å²) in [6, 6.07) is 0. The molecule has 0 rings (SSSR count). The van der Waals surface area contributed by atoms with E-state index in [0.29, 0.717) is 12.8 Å². The molecule has 0 fully saturated rings. The Morgan fingerprint density at radius 3 is 0.794 bits per heavy atom. The van der Waals surface area contributed by atoms with Crippen LogP contribution in [0.3, 0.4) is 0 Å². The number of hydrogen-bond acceptors (Lipinski definition) is 2. The predicted octanol–water partition coefficient (Wildman–Crippen LogP) is 9.63. The quantitative estimate of drug-likeness (QED) is 0.0910. The Bertz CT molecular complexity index is 464. The summed E-state index contributed by atoms with van der Waals surface area (Å²) < 4.78 is 0. The average Bonchev–Trinajstić information content (AvgIpc) is 2.80. The minimum absolute atomic E-state index is 0.320. The summed E-state index contributed by atoms with van der Waals surface area (Å²) in [6.07, 6.45) is 36.6. The van der Waals surface area contributed by atoms with E-state index in [2.05, 4.69) is 24.3 Å². The van der Waals surface area contributed by atoms with Crippen LogP contribution in [0.1, 0.15) is 154 Å². The summed E-state index contributed by atoms with van der Waals surface area (Å²) in [5.74, 6) is -1.34. The van der Waals surface area contributed by atoms with Crippen molar-refractivity contribution in [3.05, 3.63) is 24.3 Å². The second-order valence-electron chi connectivity index (χ2n) is 9.75. The van der Waals surface area contributed by atoms with Crippen LogP contribution in [0.5, 0.6) is 0 Å². The lowest BCUT2D eigenvalue weighted by molar-refractivity contribution is -0.138. The molecule has 0 heterocycles. The van der Waals surface area contributed by atoms with Gasteiger partial charge in [0.05, 0.1) is 0 Å². The van der Waals surface area contributed by atoms with Crippen molar-refractivity contribution in [1.29, 1.82) is 0 Å². The molecular weight excluding hydrogens is 424 g/mol. The molecule has 34 heavy (non-hydrogen) atoms. The van der Waals surface area contributed by atoms with Crippen LogP contribution in [-0.2, 0) is 9.59 Å². The van der Waals surface area contributed by atoms with E-state index in [9.17, 15) is 9.59 Å². The highest BCUT2D eigenvalue weighted by atomic mass is 16.4. The molecule has 198 valence electrons. The molecular formula is C30H54O4. The van der Waals surface area contributed by atoms with Crippen molar-refractivity contribution >= 4 is 11.9 Å². The highest BCUT2D eigenvalue weighted by molar-refractivity contribution is 5.66. The standard InChI is InChI=1S/C30H54O4/c31-29(32)27-25-23-21-19-17-15-13-11-9-7-5-3-1-2-4-6-8-10-12-14-16-18-20-22-24-26-28-30(33)34/h11-14H,1-10,15-28H2,(H,31,32)(H,33,34). The zero-order valence-electron chi connectivity index (χ0n) is 22.0. The Hall–Kier alpha value is -1.58. The van der Waals surface area contributed by atoms with Gasteiger partial charge >= 0.3 is 11.9 Å². The van der Waals surface area contributed by atoms with E-state index in [1.54, 1.807) is 0 Å². The van der Waals surface area contributed by atoms with E-state index in [0.717, 1.165) is 38.5 Å². The lowest BCUT2D eigenvalue weighted by atomic mass is 10.1. The smallest absolute Gasteiger partial charge is 0.303 e. The van der Waals surface area contributed by atoms with E-state index in [1.807, 2.05) is 0 Å². The van der Waals surface area contributed by atoms with Crippen molar-refractivity contribution in [3.8, 4) is 0 Å². The van der Waals surface area contributed by atoms with Crippen LogP contribution in [0, 0.1) is 0 Å². The molecule has 0 unspecified atom stereocenters. The fraction of sp³-hybridized carbons (Fsp3) is 0.800. The molecule has 0 aromatic rings. The van der Waals surface area contributed by atoms with Crippen LogP contribution in [0.4, 0.5) is 0 Å². The molecule has 0 aliphatic carbocycles. The SMILES string of the molecule is O=C(O)CCCCCCCC=CCCCCCCCCCCC=CCCCCCCCC(=O)O. The Balaban J connectivity index is 3.15. The van der Waals surface area contributed by atoms with Crippen molar-refractivity contribution < 1.29 is 19.8 Å². The van der Waals surface area contributed by atoms with Gasteiger partial charge in [0.15, 0.2) is 0 Å². The third kappa shape index (κ3) is 30.4. The highest BCUT2D eigenvalue weighted by Crippen LogP contribution is 2.13. The summed E-state index contributed by atoms with van der Waals surface area (Å²) in [4.78, 5) is 20.9. The maximum atomic E-state index is 10.4. The summed E-state index contributed by atoms with van der Waals surface area (Å²) in [5, 5.41) is 17.2. The molecule has 0 saturated carbocycles. The number of hydrogen-bond donors (Lipinski definition) is 2. The van der Waals surface area contributed by atoms with Crippen LogP contribution in [0.15, 0.2) is 24.3 Å². The number of carbonyl (C=O) groups is 2. The van der Waals surface area contributed by atoms with Gasteiger partial charge in [0.2, 0.25) is 0 Å². The fourth-order valence-electron chi connectivity index (χ4n) is 4.19. The third-order valence-electron chi connectivity index (χ3n) is 6.35. The van der Waals surface area contributed by atoms with E-state index < -0.39 is 11.9 Å². The topological polar surface area (TPSA) is 74.6 Å². The van der Waals surface area contributed by atoms with Crippen LogP contribution >= 0.6 is 0 Å². The van der Waals surface area contributed by atoms with Gasteiger partial charge in [-0.1, -0.05) is 101 Å². The molecule has 0 atom stereocenters. The molecule has 0 saturated heterocycles. The van der Waals surface area contributed by atoms with Gasteiger partial charge in [-0.3, -0.25) is 9.59 Å². The molecule has 4 heteroatoms. The first-order chi connectivity index (χ1) is 16.6. The summed E-state index contributed by atoms with van der Waals surface area (Å²) in [6.45, 7) is 0. The largest absolute Gasteiger partial charge is 0.481 e. The molecule has 0 aromatic carbocycles. The van der Waals surface area contributed by atoms with Gasteiger partial charge in [-0.2, -0.15) is 0 Å². The van der Waals surface area contributed by atoms with Crippen molar-refractivity contribution in [3.63, 3.8) is 0 Å². The number of carboxylic acid groups (broad SMARTS) is 2. The van der Waals surface area contributed by atoms with E-state index >= 15 is 0 Å². The molecule has 4 nitrogen and oxygen atoms in total. The van der Waals surface area contributed by atoms with Gasteiger partial charge in [0.25, 0.3) is 0 Å². The molecule has 0 aromatic heterocycles. The van der Waals surface area contributed by atoms with Crippen molar-refractivity contribution in [1.82, 2.24) is 0 Å². The minimum atomic E-state index is -0.672. The fourth-order valence-corrected chi connectivity index (χ4v) is 4.19. The number of aliphatic carboxylic acids is 2. The Morgan fingerprint density at radius 2 is 0.559 bits per heavy atom. The van der Waals surface area contributed by atoms with Crippen molar-refractivity contribution in [2.45, 2.75) is 154 Å². The molecule has 0 radical (unpaired) electrons. The van der Waals surface area contributed by atoms with E-state index in [4.69, 9.17) is 10.2 Å². The molecule has 0 spiro atoms. The maximum Gasteiger partial charge on any atom is 0.303 e. The lowest BCUT2D eigenvalue weighted by Crippen LogP contribution is -1.93. The average molecular weight is 479 g/mol. The van der Waals surface area contributed by atoms with Crippen molar-refractivity contribution in [2.75, 3.05) is 0 Å². The monoisotopic (exact) mass is 478 g/mol. The second kappa shape index (κ2) is 27.7. The maximum absolute atomic E-state index is 10.4. The minimum Gasteiger partial charge on any atom is -0.481 e. The Morgan fingerprint density at radius 1 is 0.353 bits per heavy atom. The van der Waals surface area contributed by atoms with Crippen LogP contribution in [0.25, 0.3) is 0 Å². The highest BCUT2D eigenvalue weighted by Gasteiger charge is 1.97. The zero-order valence-corrected chi connectivity index (χ0v) is 22.0. The third-order valence-corrected chi connectivity index (χ3v) is 6.35. The van der Waals surface area contributed by atoms with Gasteiger partial charge < -0.3 is 10.2 Å². The van der Waals surface area contributed by atoms with Crippen LogP contribution < -0.4 is 0 Å². The number of rotatable bonds is 27. The van der Waals surface area contributed by atoms with E-state index in [-0.39, 0.29) is 0 Å². The molecule has 2 N–H and O–H groups in total. The number of allylic oxidation sites excluding steroid dienone is 4. The molecule has 0 aliphatic rings. The predicted molar refractivity (Wildman–Crippen MR) is 144 cm³/mol. The van der Waals surface area contributed by atoms with Gasteiger partial charge in [-0.25, -0.2) is 0 Å². The normalized spacial score (nSPS) is 11.6. The summed E-state index contributed by atoms with van der Waals surface area (Å²) in [5.41, 5.74) is 0. The summed E-state index contributed by atoms with van der Waals surface area (Å²) in [7, 11) is 0. The van der Waals surface area contributed by atoms with Crippen molar-refractivity contribution in [2.24, 2.45) is 0 Å². The first-order valence-electron chi connectivity index (χ1n) is 14.4. The Labute approximate surface area is 210 Å². The first-order valence-corrected chi connectivity index (χ1v) is 14.4. The van der Waals surface area contributed by atoms with Gasteiger partial charge in [-0.05, 0) is 64.2 Å². The van der Waals surface area contributed by atoms with Gasteiger partial charge in [0, 0.05) is 12.8 Å². The van der Waals surface area contributed by atoms with Gasteiger partial charge in [0.1, 0.15) is 0 Å². The lowest BCUT2D eigenvalue weighted by Gasteiger charge is -2.01. The Kier molecular flexibility index (Phi) is 26.4. The first kappa shape index (κ1) is 32.4. The zero-order chi connectivity index (χ0) is 25.0. The van der Waals surface area contributed by atoms with Gasteiger partial charge in [-0.15, -0.1) is 0 Å². The number of carboxylic acids is 2. The van der Waals surface area contributed by atoms with Crippen LogP contribution in [0.2, 0.25) is 0 Å². The molecule has 0 amide bonds. The molecule has 0 aliphatic heterocycles. The summed E-state index contributed by atoms with van der Waals surface area (Å²) >= 11 is 0.